The Hall–Kier alpha value is -2.06. The van der Waals surface area contributed by atoms with Gasteiger partial charge in [0, 0.05) is 5.02 Å². The summed E-state index contributed by atoms with van der Waals surface area (Å²) in [5, 5.41) is 0.812. The van der Waals surface area contributed by atoms with Crippen molar-refractivity contribution in [3.05, 3.63) is 75.8 Å². The number of hydrogen-bond acceptors (Lipinski definition) is 2. The summed E-state index contributed by atoms with van der Waals surface area (Å²) in [7, 11) is 0. The number of benzene rings is 2. The molecule has 22 heavy (non-hydrogen) atoms. The number of ether oxygens (including phenoxy) is 1. The molecule has 0 saturated heterocycles. The monoisotopic (exact) mass is 314 g/mol. The molecule has 0 spiro atoms. The van der Waals surface area contributed by atoms with Gasteiger partial charge < -0.3 is 4.74 Å². The lowest BCUT2D eigenvalue weighted by Crippen LogP contribution is -1.87. The van der Waals surface area contributed by atoms with Gasteiger partial charge in [-0.05, 0) is 54.7 Å². The van der Waals surface area contributed by atoms with Gasteiger partial charge >= 0.3 is 0 Å². The molecule has 2 aromatic carbocycles. The second-order valence-electron chi connectivity index (χ2n) is 5.05. The fourth-order valence-electron chi connectivity index (χ4n) is 2.61. The third kappa shape index (κ3) is 3.77. The Kier molecular flexibility index (Phi) is 5.79. The second-order valence-corrected chi connectivity index (χ2v) is 5.49. The Morgan fingerprint density at radius 1 is 1.18 bits per heavy atom. The molecule has 0 N–H and O–H groups in total. The van der Waals surface area contributed by atoms with Crippen LogP contribution in [0.5, 0.6) is 0 Å². The van der Waals surface area contributed by atoms with Crippen molar-refractivity contribution in [3.8, 4) is 0 Å². The predicted octanol–water partition coefficient (Wildman–Crippen LogP) is 4.90. The van der Waals surface area contributed by atoms with E-state index < -0.39 is 0 Å². The van der Waals surface area contributed by atoms with E-state index in [2.05, 4.69) is 48.1 Å². The van der Waals surface area contributed by atoms with E-state index in [1.807, 2.05) is 12.1 Å². The number of rotatable bonds is 3. The van der Waals surface area contributed by atoms with Gasteiger partial charge in [0.2, 0.25) is 0 Å². The molecule has 2 aromatic rings. The molecular weight excluding hydrogens is 296 g/mol. The highest BCUT2D eigenvalue weighted by molar-refractivity contribution is 6.30. The first-order chi connectivity index (χ1) is 10.7. The predicted molar refractivity (Wildman–Crippen MR) is 91.0 cm³/mol. The van der Waals surface area contributed by atoms with E-state index >= 15 is 0 Å². The van der Waals surface area contributed by atoms with Gasteiger partial charge in [-0.2, -0.15) is 0 Å². The number of hydrogen-bond donors (Lipinski definition) is 0. The molecule has 0 radical (unpaired) electrons. The minimum atomic E-state index is 0.431. The van der Waals surface area contributed by atoms with Crippen LogP contribution >= 0.6 is 11.6 Å². The van der Waals surface area contributed by atoms with Crippen LogP contribution in [0.2, 0.25) is 5.02 Å². The maximum Gasteiger partial charge on any atom is 0.293 e. The molecule has 0 aromatic heterocycles. The number of allylic oxidation sites excluding steroid dienone is 1. The number of carbonyl (C=O) groups excluding carboxylic acids is 1. The third-order valence-electron chi connectivity index (χ3n) is 3.52. The van der Waals surface area contributed by atoms with Crippen molar-refractivity contribution in [2.24, 2.45) is 0 Å². The average Bonchev–Trinajstić information content (AvgIpc) is 2.85. The molecule has 3 heteroatoms. The smallest absolute Gasteiger partial charge is 0.293 e. The zero-order valence-electron chi connectivity index (χ0n) is 12.8. The normalized spacial score (nSPS) is 12.3. The number of carbonyl (C=O) groups is 1. The van der Waals surface area contributed by atoms with E-state index in [0.717, 1.165) is 11.4 Å². The summed E-state index contributed by atoms with van der Waals surface area (Å²) in [5.41, 5.74) is 6.73. The summed E-state index contributed by atoms with van der Waals surface area (Å²) in [5.74, 6) is 0. The summed E-state index contributed by atoms with van der Waals surface area (Å²) < 4.78 is 4.15. The molecule has 0 unspecified atom stereocenters. The molecule has 0 aliphatic heterocycles. The van der Waals surface area contributed by atoms with Gasteiger partial charge in [-0.3, -0.25) is 4.79 Å². The minimum absolute atomic E-state index is 0.431. The fraction of sp³-hybridized carbons (Fsp3) is 0.211. The Morgan fingerprint density at radius 3 is 2.50 bits per heavy atom. The van der Waals surface area contributed by atoms with E-state index in [-0.39, 0.29) is 0 Å². The lowest BCUT2D eigenvalue weighted by atomic mass is 9.98. The van der Waals surface area contributed by atoms with Crippen LogP contribution in [0.25, 0.3) is 5.57 Å². The Bertz CT molecular complexity index is 675. The minimum Gasteiger partial charge on any atom is -0.468 e. The van der Waals surface area contributed by atoms with Crippen LogP contribution in [-0.4, -0.2) is 13.1 Å². The largest absolute Gasteiger partial charge is 0.468 e. The van der Waals surface area contributed by atoms with E-state index in [0.29, 0.717) is 13.1 Å². The molecule has 0 amide bonds. The van der Waals surface area contributed by atoms with Crippen molar-refractivity contribution >= 4 is 23.6 Å². The lowest BCUT2D eigenvalue weighted by molar-refractivity contribution is -0.128. The molecule has 0 bridgehead atoms. The van der Waals surface area contributed by atoms with Crippen LogP contribution < -0.4 is 0 Å². The lowest BCUT2D eigenvalue weighted by Gasteiger charge is -2.07. The number of fused-ring (bicyclic) bond motifs is 1. The summed E-state index contributed by atoms with van der Waals surface area (Å²) in [6, 6.07) is 16.7. The maximum absolute atomic E-state index is 9.18. The van der Waals surface area contributed by atoms with Crippen molar-refractivity contribution < 1.29 is 9.53 Å². The number of halogens is 1. The molecule has 0 atom stereocenters. The SMILES string of the molecule is CC1=C(c2ccccc2)c2cc(Cl)ccc2C1.CCOC=O. The highest BCUT2D eigenvalue weighted by Gasteiger charge is 2.19. The van der Waals surface area contributed by atoms with Gasteiger partial charge in [0.05, 0.1) is 6.61 Å². The summed E-state index contributed by atoms with van der Waals surface area (Å²) in [4.78, 5) is 9.18. The van der Waals surface area contributed by atoms with Gasteiger partial charge in [-0.25, -0.2) is 0 Å². The van der Waals surface area contributed by atoms with Crippen LogP contribution in [0.4, 0.5) is 0 Å². The van der Waals surface area contributed by atoms with Crippen LogP contribution in [0.15, 0.2) is 54.1 Å². The standard InChI is InChI=1S/C16H13Cl.C3H6O2/c1-11-9-13-7-8-14(17)10-15(13)16(11)12-5-3-2-4-6-12;1-2-5-3-4/h2-8,10H,9H2,1H3;3H,2H2,1H3. The molecular formula is C19H19ClO2. The van der Waals surface area contributed by atoms with Crippen molar-refractivity contribution in [1.82, 2.24) is 0 Å². The zero-order valence-corrected chi connectivity index (χ0v) is 13.6. The van der Waals surface area contributed by atoms with Crippen molar-refractivity contribution in [2.45, 2.75) is 20.3 Å². The summed E-state index contributed by atoms with van der Waals surface area (Å²) in [6.07, 6.45) is 1.04. The Balaban J connectivity index is 0.000000309. The molecule has 114 valence electrons. The van der Waals surface area contributed by atoms with E-state index in [9.17, 15) is 4.79 Å². The second kappa shape index (κ2) is 7.81. The van der Waals surface area contributed by atoms with Crippen molar-refractivity contribution in [2.75, 3.05) is 6.61 Å². The molecule has 0 saturated carbocycles. The fourth-order valence-corrected chi connectivity index (χ4v) is 2.79. The molecule has 1 aliphatic rings. The zero-order chi connectivity index (χ0) is 15.9. The molecule has 2 nitrogen and oxygen atoms in total. The molecule has 3 rings (SSSR count). The Morgan fingerprint density at radius 2 is 1.91 bits per heavy atom. The molecule has 0 heterocycles. The van der Waals surface area contributed by atoms with E-state index in [1.54, 1.807) is 6.92 Å². The highest BCUT2D eigenvalue weighted by Crippen LogP contribution is 2.38. The third-order valence-corrected chi connectivity index (χ3v) is 3.76. The van der Waals surface area contributed by atoms with Crippen LogP contribution in [0.1, 0.15) is 30.5 Å². The summed E-state index contributed by atoms with van der Waals surface area (Å²) in [6.45, 7) is 4.87. The van der Waals surface area contributed by atoms with Gasteiger partial charge in [-0.15, -0.1) is 0 Å². The van der Waals surface area contributed by atoms with Crippen LogP contribution in [0.3, 0.4) is 0 Å². The quantitative estimate of drug-likeness (QED) is 0.753. The average molecular weight is 315 g/mol. The van der Waals surface area contributed by atoms with E-state index in [4.69, 9.17) is 11.6 Å². The molecule has 0 fully saturated rings. The van der Waals surface area contributed by atoms with Gasteiger partial charge in [0.15, 0.2) is 0 Å². The van der Waals surface area contributed by atoms with Crippen molar-refractivity contribution in [3.63, 3.8) is 0 Å². The van der Waals surface area contributed by atoms with Crippen LogP contribution in [-0.2, 0) is 16.0 Å². The van der Waals surface area contributed by atoms with Gasteiger partial charge in [-0.1, -0.05) is 53.6 Å². The molecule has 1 aliphatic carbocycles. The van der Waals surface area contributed by atoms with Crippen LogP contribution in [0, 0.1) is 0 Å². The van der Waals surface area contributed by atoms with Gasteiger partial charge in [0.25, 0.3) is 6.47 Å². The van der Waals surface area contributed by atoms with E-state index in [1.165, 1.54) is 27.8 Å². The van der Waals surface area contributed by atoms with Crippen molar-refractivity contribution in [1.29, 1.82) is 0 Å². The highest BCUT2D eigenvalue weighted by atomic mass is 35.5. The first kappa shape index (κ1) is 16.3. The first-order valence-electron chi connectivity index (χ1n) is 7.26. The van der Waals surface area contributed by atoms with Gasteiger partial charge in [0.1, 0.15) is 0 Å². The maximum atomic E-state index is 9.18. The first-order valence-corrected chi connectivity index (χ1v) is 7.64. The Labute approximate surface area is 136 Å². The topological polar surface area (TPSA) is 26.3 Å². The summed E-state index contributed by atoms with van der Waals surface area (Å²) >= 11 is 6.10.